The Morgan fingerprint density at radius 2 is 2.42 bits per heavy atom. The van der Waals surface area contributed by atoms with E-state index in [9.17, 15) is 4.79 Å². The van der Waals surface area contributed by atoms with Gasteiger partial charge in [0.05, 0.1) is 12.7 Å². The number of carbonyl (C=O) groups is 1. The molecule has 0 spiro atoms. The summed E-state index contributed by atoms with van der Waals surface area (Å²) in [7, 11) is 0. The van der Waals surface area contributed by atoms with E-state index in [0.717, 1.165) is 0 Å². The van der Waals surface area contributed by atoms with Crippen molar-refractivity contribution < 1.29 is 19.4 Å². The first kappa shape index (κ1) is 8.61. The first-order valence-electron chi connectivity index (χ1n) is 3.34. The van der Waals surface area contributed by atoms with Gasteiger partial charge in [-0.1, -0.05) is 0 Å². The van der Waals surface area contributed by atoms with Crippen LogP contribution in [0.2, 0.25) is 0 Å². The fourth-order valence-corrected chi connectivity index (χ4v) is 0.839. The number of carboxylic acids is 1. The van der Waals surface area contributed by atoms with Gasteiger partial charge in [0, 0.05) is 17.7 Å². The van der Waals surface area contributed by atoms with Gasteiger partial charge in [-0.3, -0.25) is 4.79 Å². The molecule has 12 heavy (non-hydrogen) atoms. The minimum atomic E-state index is -0.983. The van der Waals surface area contributed by atoms with Gasteiger partial charge in [-0.25, -0.2) is 0 Å². The third kappa shape index (κ3) is 2.00. The summed E-state index contributed by atoms with van der Waals surface area (Å²) in [6.07, 6.45) is 1.06. The van der Waals surface area contributed by atoms with Gasteiger partial charge in [-0.05, 0) is 0 Å². The second-order valence-corrected chi connectivity index (χ2v) is 2.42. The summed E-state index contributed by atoms with van der Waals surface area (Å²) in [6.45, 7) is 0. The Kier molecular flexibility index (Phi) is 2.35. The smallest absolute Gasteiger partial charge is 0.305 e. The molecule has 5 heteroatoms. The Labute approximate surface area is 68.4 Å². The number of carboxylic acid groups (broad SMARTS) is 1. The van der Waals surface area contributed by atoms with Crippen LogP contribution in [0.4, 0.5) is 0 Å². The topological polar surface area (TPSA) is 96.7 Å². The van der Waals surface area contributed by atoms with E-state index >= 15 is 0 Å². The standard InChI is InChI=1S/C7H9NO4/c8-5(2-6(9)10)4-1-7(11)12-3-4/h1,3,5,11H,2,8H2,(H,9,10). The molecule has 66 valence electrons. The van der Waals surface area contributed by atoms with Gasteiger partial charge in [-0.15, -0.1) is 0 Å². The molecule has 1 heterocycles. The highest BCUT2D eigenvalue weighted by atomic mass is 16.5. The summed E-state index contributed by atoms with van der Waals surface area (Å²) in [6, 6.07) is 0.667. The van der Waals surface area contributed by atoms with Crippen LogP contribution in [0.5, 0.6) is 5.95 Å². The molecular weight excluding hydrogens is 162 g/mol. The van der Waals surface area contributed by atoms with Crippen LogP contribution < -0.4 is 5.73 Å². The lowest BCUT2D eigenvalue weighted by Crippen LogP contribution is -2.13. The quantitative estimate of drug-likeness (QED) is 0.613. The number of hydrogen-bond donors (Lipinski definition) is 3. The van der Waals surface area contributed by atoms with Gasteiger partial charge in [0.1, 0.15) is 0 Å². The van der Waals surface area contributed by atoms with Crippen LogP contribution in [0.25, 0.3) is 0 Å². The van der Waals surface area contributed by atoms with Crippen LogP contribution in [0, 0.1) is 0 Å². The van der Waals surface area contributed by atoms with Crippen LogP contribution in [-0.4, -0.2) is 16.2 Å². The highest BCUT2D eigenvalue weighted by Gasteiger charge is 2.12. The monoisotopic (exact) mass is 171 g/mol. The maximum Gasteiger partial charge on any atom is 0.305 e. The maximum absolute atomic E-state index is 10.2. The first-order valence-corrected chi connectivity index (χ1v) is 3.34. The molecule has 4 N–H and O–H groups in total. The largest absolute Gasteiger partial charge is 0.481 e. The Morgan fingerprint density at radius 1 is 1.75 bits per heavy atom. The molecule has 1 rings (SSSR count). The van der Waals surface area contributed by atoms with Crippen molar-refractivity contribution in [3.63, 3.8) is 0 Å². The molecule has 0 aliphatic heterocycles. The zero-order valence-corrected chi connectivity index (χ0v) is 6.23. The predicted octanol–water partition coefficient (Wildman–Crippen LogP) is 0.460. The highest BCUT2D eigenvalue weighted by molar-refractivity contribution is 5.67. The van der Waals surface area contributed by atoms with Crippen molar-refractivity contribution in [3.05, 3.63) is 17.9 Å². The predicted molar refractivity (Wildman–Crippen MR) is 39.6 cm³/mol. The zero-order valence-electron chi connectivity index (χ0n) is 6.23. The minimum Gasteiger partial charge on any atom is -0.481 e. The van der Waals surface area contributed by atoms with Crippen LogP contribution in [0.1, 0.15) is 18.0 Å². The van der Waals surface area contributed by atoms with Crippen molar-refractivity contribution in [1.29, 1.82) is 0 Å². The lowest BCUT2D eigenvalue weighted by Gasteiger charge is -2.03. The van der Waals surface area contributed by atoms with E-state index in [-0.39, 0.29) is 12.4 Å². The average Bonchev–Trinajstić information content (AvgIpc) is 2.34. The van der Waals surface area contributed by atoms with Gasteiger partial charge in [0.25, 0.3) is 5.95 Å². The Balaban J connectivity index is 2.64. The fraction of sp³-hybridized carbons (Fsp3) is 0.286. The van der Waals surface area contributed by atoms with Gasteiger partial charge in [0.15, 0.2) is 0 Å². The minimum absolute atomic E-state index is 0.182. The van der Waals surface area contributed by atoms with Gasteiger partial charge in [0.2, 0.25) is 0 Å². The molecule has 0 amide bonds. The number of nitrogens with two attached hydrogens (primary N) is 1. The summed E-state index contributed by atoms with van der Waals surface area (Å²) < 4.78 is 4.55. The second-order valence-electron chi connectivity index (χ2n) is 2.42. The number of furan rings is 1. The Bertz CT molecular complexity index is 281. The summed E-state index contributed by atoms with van der Waals surface area (Å²) >= 11 is 0. The Morgan fingerprint density at radius 3 is 2.83 bits per heavy atom. The lowest BCUT2D eigenvalue weighted by molar-refractivity contribution is -0.137. The number of aliphatic carboxylic acids is 1. The van der Waals surface area contributed by atoms with Crippen LogP contribution in [0.3, 0.4) is 0 Å². The average molecular weight is 171 g/mol. The molecule has 0 fully saturated rings. The SMILES string of the molecule is NC(CC(=O)O)c1coc(O)c1. The highest BCUT2D eigenvalue weighted by Crippen LogP contribution is 2.20. The molecule has 5 nitrogen and oxygen atoms in total. The van der Waals surface area contributed by atoms with Crippen molar-refractivity contribution in [2.75, 3.05) is 0 Å². The van der Waals surface area contributed by atoms with E-state index in [1.165, 1.54) is 12.3 Å². The van der Waals surface area contributed by atoms with Crippen molar-refractivity contribution in [2.24, 2.45) is 5.73 Å². The van der Waals surface area contributed by atoms with Crippen molar-refractivity contribution in [2.45, 2.75) is 12.5 Å². The van der Waals surface area contributed by atoms with Crippen molar-refractivity contribution in [1.82, 2.24) is 0 Å². The molecule has 0 aromatic carbocycles. The number of hydrogen-bond acceptors (Lipinski definition) is 4. The normalized spacial score (nSPS) is 12.8. The molecule has 0 saturated carbocycles. The summed E-state index contributed by atoms with van der Waals surface area (Å²) in [5.74, 6) is -1.24. The van der Waals surface area contributed by atoms with E-state index in [1.807, 2.05) is 0 Å². The van der Waals surface area contributed by atoms with Gasteiger partial charge < -0.3 is 20.4 Å². The summed E-state index contributed by atoms with van der Waals surface area (Å²) in [4.78, 5) is 10.2. The number of aromatic hydroxyl groups is 1. The van der Waals surface area contributed by atoms with Crippen LogP contribution >= 0.6 is 0 Å². The summed E-state index contributed by atoms with van der Waals surface area (Å²) in [5.41, 5.74) is 5.94. The molecule has 0 saturated heterocycles. The lowest BCUT2D eigenvalue weighted by atomic mass is 10.1. The fourth-order valence-electron chi connectivity index (χ4n) is 0.839. The third-order valence-corrected chi connectivity index (χ3v) is 1.43. The number of rotatable bonds is 3. The second kappa shape index (κ2) is 3.27. The molecule has 0 radical (unpaired) electrons. The van der Waals surface area contributed by atoms with E-state index in [1.54, 1.807) is 0 Å². The molecule has 1 aromatic heterocycles. The zero-order chi connectivity index (χ0) is 9.14. The maximum atomic E-state index is 10.2. The molecule has 1 aromatic rings. The summed E-state index contributed by atoms with van der Waals surface area (Å²) in [5, 5.41) is 17.1. The molecule has 0 aliphatic carbocycles. The van der Waals surface area contributed by atoms with Crippen LogP contribution in [-0.2, 0) is 4.79 Å². The molecule has 1 atom stereocenters. The first-order chi connectivity index (χ1) is 5.59. The van der Waals surface area contributed by atoms with Gasteiger partial charge in [-0.2, -0.15) is 0 Å². The van der Waals surface area contributed by atoms with Crippen molar-refractivity contribution >= 4 is 5.97 Å². The van der Waals surface area contributed by atoms with E-state index < -0.39 is 12.0 Å². The van der Waals surface area contributed by atoms with E-state index in [0.29, 0.717) is 5.56 Å². The van der Waals surface area contributed by atoms with Gasteiger partial charge >= 0.3 is 5.97 Å². The van der Waals surface area contributed by atoms with Crippen LogP contribution in [0.15, 0.2) is 16.7 Å². The van der Waals surface area contributed by atoms with E-state index in [4.69, 9.17) is 15.9 Å². The molecular formula is C7H9NO4. The molecule has 0 bridgehead atoms. The van der Waals surface area contributed by atoms with E-state index in [2.05, 4.69) is 4.42 Å². The molecule has 1 unspecified atom stereocenters. The third-order valence-electron chi connectivity index (χ3n) is 1.43. The van der Waals surface area contributed by atoms with Crippen molar-refractivity contribution in [3.8, 4) is 5.95 Å². The molecule has 0 aliphatic rings. The Hall–Kier alpha value is -1.49.